The molecule has 0 radical (unpaired) electrons. The first-order valence-electron chi connectivity index (χ1n) is 11.1. The Labute approximate surface area is 180 Å². The van der Waals surface area contributed by atoms with Crippen LogP contribution in [0, 0.1) is 0 Å². The number of nitrogens with one attached hydrogen (secondary N) is 3. The van der Waals surface area contributed by atoms with Crippen molar-refractivity contribution in [2.24, 2.45) is 9.98 Å². The second-order valence-corrected chi connectivity index (χ2v) is 8.37. The second kappa shape index (κ2) is 12.2. The minimum Gasteiger partial charge on any atom is -0.478 e. The van der Waals surface area contributed by atoms with Crippen molar-refractivity contribution in [3.63, 3.8) is 0 Å². The molecule has 1 heterocycles. The molecule has 30 heavy (non-hydrogen) atoms. The van der Waals surface area contributed by atoms with Crippen molar-refractivity contribution in [2.75, 3.05) is 6.54 Å². The van der Waals surface area contributed by atoms with Gasteiger partial charge in [-0.2, -0.15) is 0 Å². The molecule has 166 valence electrons. The van der Waals surface area contributed by atoms with Gasteiger partial charge in [-0.25, -0.2) is 9.79 Å². The van der Waals surface area contributed by atoms with Crippen LogP contribution in [0.25, 0.3) is 0 Å². The van der Waals surface area contributed by atoms with E-state index in [9.17, 15) is 4.79 Å². The summed E-state index contributed by atoms with van der Waals surface area (Å²) >= 11 is 0. The largest absolute Gasteiger partial charge is 0.478 e. The molecular weight excluding hydrogens is 378 g/mol. The summed E-state index contributed by atoms with van der Waals surface area (Å²) in [6.07, 6.45) is 10.3. The minimum atomic E-state index is -0.923. The number of aliphatic imine (C=N–C) groups is 2. The molecule has 0 amide bonds. The summed E-state index contributed by atoms with van der Waals surface area (Å²) in [5.41, 5.74) is 0.876. The molecule has 0 aromatic heterocycles. The van der Waals surface area contributed by atoms with Gasteiger partial charge >= 0.3 is 5.97 Å². The van der Waals surface area contributed by atoms with Crippen molar-refractivity contribution in [3.05, 3.63) is 35.4 Å². The molecule has 0 aliphatic carbocycles. The van der Waals surface area contributed by atoms with Crippen molar-refractivity contribution >= 4 is 17.9 Å². The smallest absolute Gasteiger partial charge is 0.335 e. The van der Waals surface area contributed by atoms with E-state index in [0.717, 1.165) is 24.5 Å². The topological polar surface area (TPSA) is 98.1 Å². The third kappa shape index (κ3) is 8.84. The van der Waals surface area contributed by atoms with E-state index in [1.54, 1.807) is 24.3 Å². The van der Waals surface area contributed by atoms with Gasteiger partial charge in [0.25, 0.3) is 0 Å². The van der Waals surface area contributed by atoms with Crippen LogP contribution >= 0.6 is 0 Å². The molecule has 1 aromatic rings. The number of carboxylic acids is 1. The van der Waals surface area contributed by atoms with Crippen molar-refractivity contribution in [3.8, 4) is 0 Å². The molecule has 1 fully saturated rings. The molecule has 1 aliphatic heterocycles. The van der Waals surface area contributed by atoms with Gasteiger partial charge in [-0.1, -0.05) is 64.0 Å². The lowest BCUT2D eigenvalue weighted by molar-refractivity contribution is 0.0697. The summed E-state index contributed by atoms with van der Waals surface area (Å²) in [6, 6.07) is 6.78. The quantitative estimate of drug-likeness (QED) is 0.383. The average molecular weight is 416 g/mol. The molecule has 4 N–H and O–H groups in total. The summed E-state index contributed by atoms with van der Waals surface area (Å²) in [5.74, 6) is 0.478. The van der Waals surface area contributed by atoms with Crippen LogP contribution in [-0.2, 0) is 6.54 Å². The minimum absolute atomic E-state index is 0.279. The number of carboxylic acid groups (broad SMARTS) is 1. The Hall–Kier alpha value is -2.57. The third-order valence-electron chi connectivity index (χ3n) is 5.00. The molecular formula is C23H37N5O2. The Balaban J connectivity index is 1.80. The van der Waals surface area contributed by atoms with Gasteiger partial charge in [-0.15, -0.1) is 0 Å². The van der Waals surface area contributed by atoms with Gasteiger partial charge in [-0.3, -0.25) is 10.3 Å². The van der Waals surface area contributed by atoms with Gasteiger partial charge in [-0.05, 0) is 38.0 Å². The van der Waals surface area contributed by atoms with Crippen LogP contribution in [0.15, 0.2) is 34.3 Å². The van der Waals surface area contributed by atoms with Gasteiger partial charge in [0.05, 0.1) is 12.1 Å². The van der Waals surface area contributed by atoms with Crippen LogP contribution in [0.4, 0.5) is 0 Å². The zero-order valence-electron chi connectivity index (χ0n) is 18.6. The van der Waals surface area contributed by atoms with Crippen LogP contribution in [0.1, 0.15) is 88.1 Å². The summed E-state index contributed by atoms with van der Waals surface area (Å²) in [5, 5.41) is 18.9. The summed E-state index contributed by atoms with van der Waals surface area (Å²) in [4.78, 5) is 20.2. The maximum Gasteiger partial charge on any atom is 0.335 e. The number of carbonyl (C=O) groups is 1. The molecule has 7 heteroatoms. The number of hydrogen-bond acceptors (Lipinski definition) is 3. The molecule has 2 rings (SSSR count). The fourth-order valence-electron chi connectivity index (χ4n) is 3.32. The lowest BCUT2D eigenvalue weighted by atomic mass is 10.1. The first kappa shape index (κ1) is 23.7. The maximum atomic E-state index is 11.0. The van der Waals surface area contributed by atoms with E-state index in [0.29, 0.717) is 12.5 Å². The van der Waals surface area contributed by atoms with Crippen molar-refractivity contribution in [1.82, 2.24) is 16.0 Å². The molecule has 0 spiro atoms. The predicted octanol–water partition coefficient (Wildman–Crippen LogP) is 4.26. The Kier molecular flexibility index (Phi) is 9.64. The molecule has 0 bridgehead atoms. The molecule has 1 aromatic carbocycles. The number of aromatic carboxylic acids is 1. The standard InChI is InChI=1S/C23H37N5O2/c1-4-5-6-7-8-9-10-11-16-24-21-26-22(28-23(2,3)27-21)25-17-18-12-14-19(15-13-18)20(29)30/h12-15H,4-11,16-17H2,1-3H3,(H,29,30)(H3,24,25,26,27,28). The van der Waals surface area contributed by atoms with Crippen molar-refractivity contribution < 1.29 is 9.90 Å². The Morgan fingerprint density at radius 3 is 2.07 bits per heavy atom. The third-order valence-corrected chi connectivity index (χ3v) is 5.00. The van der Waals surface area contributed by atoms with E-state index < -0.39 is 5.97 Å². The fraction of sp³-hybridized carbons (Fsp3) is 0.609. The van der Waals surface area contributed by atoms with E-state index in [4.69, 9.17) is 5.11 Å². The highest BCUT2D eigenvalue weighted by Crippen LogP contribution is 2.09. The van der Waals surface area contributed by atoms with E-state index >= 15 is 0 Å². The van der Waals surface area contributed by atoms with Crippen LogP contribution in [0.5, 0.6) is 0 Å². The SMILES string of the molecule is CCCCCCCCCCN=C1NC(=NCc2ccc(C(=O)O)cc2)NC(C)(C)N1. The lowest BCUT2D eigenvalue weighted by Gasteiger charge is -2.36. The van der Waals surface area contributed by atoms with Crippen LogP contribution in [-0.4, -0.2) is 35.2 Å². The van der Waals surface area contributed by atoms with Gasteiger partial charge in [0.2, 0.25) is 0 Å². The highest BCUT2D eigenvalue weighted by molar-refractivity contribution is 6.01. The molecule has 1 aliphatic rings. The molecule has 0 unspecified atom stereocenters. The van der Waals surface area contributed by atoms with Gasteiger partial charge in [0.1, 0.15) is 5.66 Å². The van der Waals surface area contributed by atoms with E-state index in [1.807, 2.05) is 13.8 Å². The summed E-state index contributed by atoms with van der Waals surface area (Å²) in [6.45, 7) is 7.58. The molecule has 0 saturated carbocycles. The van der Waals surface area contributed by atoms with Gasteiger partial charge in [0.15, 0.2) is 11.9 Å². The van der Waals surface area contributed by atoms with E-state index in [1.165, 1.54) is 44.9 Å². The number of benzene rings is 1. The predicted molar refractivity (Wildman–Crippen MR) is 123 cm³/mol. The summed E-state index contributed by atoms with van der Waals surface area (Å²) in [7, 11) is 0. The van der Waals surface area contributed by atoms with Crippen LogP contribution < -0.4 is 16.0 Å². The number of rotatable bonds is 12. The average Bonchev–Trinajstić information content (AvgIpc) is 2.70. The normalized spacial score (nSPS) is 18.0. The highest BCUT2D eigenvalue weighted by Gasteiger charge is 2.26. The van der Waals surface area contributed by atoms with E-state index in [-0.39, 0.29) is 11.2 Å². The Morgan fingerprint density at radius 2 is 1.47 bits per heavy atom. The summed E-state index contributed by atoms with van der Waals surface area (Å²) < 4.78 is 0. The highest BCUT2D eigenvalue weighted by atomic mass is 16.4. The van der Waals surface area contributed by atoms with Gasteiger partial charge < -0.3 is 15.7 Å². The maximum absolute atomic E-state index is 11.0. The van der Waals surface area contributed by atoms with Crippen LogP contribution in [0.2, 0.25) is 0 Å². The first-order chi connectivity index (χ1) is 14.4. The Bertz CT molecular complexity index is 726. The van der Waals surface area contributed by atoms with Crippen LogP contribution in [0.3, 0.4) is 0 Å². The first-order valence-corrected chi connectivity index (χ1v) is 11.1. The molecule has 7 nitrogen and oxygen atoms in total. The zero-order chi connectivity index (χ0) is 21.8. The second-order valence-electron chi connectivity index (χ2n) is 8.37. The number of unbranched alkanes of at least 4 members (excludes halogenated alkanes) is 7. The molecule has 1 saturated heterocycles. The molecule has 0 atom stereocenters. The van der Waals surface area contributed by atoms with Crippen molar-refractivity contribution in [2.45, 2.75) is 84.3 Å². The van der Waals surface area contributed by atoms with E-state index in [2.05, 4.69) is 32.9 Å². The lowest BCUT2D eigenvalue weighted by Crippen LogP contribution is -2.68. The number of hydrogen-bond donors (Lipinski definition) is 4. The van der Waals surface area contributed by atoms with Crippen molar-refractivity contribution in [1.29, 1.82) is 0 Å². The number of nitrogens with zero attached hydrogens (tertiary/aromatic N) is 2. The number of guanidine groups is 2. The fourth-order valence-corrected chi connectivity index (χ4v) is 3.32. The monoisotopic (exact) mass is 415 g/mol. The zero-order valence-corrected chi connectivity index (χ0v) is 18.6. The Morgan fingerprint density at radius 1 is 0.900 bits per heavy atom. The van der Waals surface area contributed by atoms with Gasteiger partial charge in [0, 0.05) is 6.54 Å².